The first-order valence-corrected chi connectivity index (χ1v) is 6.68. The third kappa shape index (κ3) is 4.58. The van der Waals surface area contributed by atoms with Gasteiger partial charge in [0.25, 0.3) is 11.6 Å². The van der Waals surface area contributed by atoms with Crippen LogP contribution >= 0.6 is 12.2 Å². The molecule has 0 heterocycles. The molecule has 0 unspecified atom stereocenters. The summed E-state index contributed by atoms with van der Waals surface area (Å²) >= 11 is 4.81. The smallest absolute Gasteiger partial charge is 0.270 e. The number of nitro groups is 1. The molecule has 7 heteroatoms. The summed E-state index contributed by atoms with van der Waals surface area (Å²) in [6.45, 7) is 2.93. The Kier molecular flexibility index (Phi) is 6.05. The molecule has 0 aromatic heterocycles. The zero-order valence-corrected chi connectivity index (χ0v) is 12.1. The first kappa shape index (κ1) is 16.0. The highest BCUT2D eigenvalue weighted by atomic mass is 32.1. The lowest BCUT2D eigenvalue weighted by Crippen LogP contribution is -2.34. The molecule has 1 aromatic rings. The standard InChI is InChI=1S/C13H17N3O3S/c1-2-7-15(8-6-12(14)20)13(17)10-4-3-5-11(9-10)16(18)19/h3-5,9H,2,6-8H2,1H3,(H2,14,20). The molecule has 0 saturated carbocycles. The van der Waals surface area contributed by atoms with E-state index in [9.17, 15) is 14.9 Å². The number of nitrogens with zero attached hydrogens (tertiary/aromatic N) is 2. The molecule has 0 aliphatic carbocycles. The molecule has 108 valence electrons. The average molecular weight is 295 g/mol. The number of thiocarbonyl (C=S) groups is 1. The van der Waals surface area contributed by atoms with Gasteiger partial charge in [0.05, 0.1) is 9.91 Å². The maximum Gasteiger partial charge on any atom is 0.270 e. The summed E-state index contributed by atoms with van der Waals surface area (Å²) in [5, 5.41) is 10.7. The SMILES string of the molecule is CCCN(CCC(N)=S)C(=O)c1cccc([N+](=O)[O-])c1. The quantitative estimate of drug-likeness (QED) is 0.473. The molecule has 0 fully saturated rings. The van der Waals surface area contributed by atoms with E-state index in [1.165, 1.54) is 18.2 Å². The van der Waals surface area contributed by atoms with Gasteiger partial charge in [-0.25, -0.2) is 0 Å². The van der Waals surface area contributed by atoms with Gasteiger partial charge in [0.2, 0.25) is 0 Å². The van der Waals surface area contributed by atoms with Crippen molar-refractivity contribution < 1.29 is 9.72 Å². The molecule has 1 aromatic carbocycles. The fourth-order valence-electron chi connectivity index (χ4n) is 1.77. The summed E-state index contributed by atoms with van der Waals surface area (Å²) in [6.07, 6.45) is 1.23. The van der Waals surface area contributed by atoms with Crippen LogP contribution in [0.4, 0.5) is 5.69 Å². The van der Waals surface area contributed by atoms with Gasteiger partial charge in [0.15, 0.2) is 0 Å². The molecule has 0 bridgehead atoms. The maximum absolute atomic E-state index is 12.3. The first-order valence-electron chi connectivity index (χ1n) is 6.27. The predicted octanol–water partition coefficient (Wildman–Crippen LogP) is 2.12. The minimum absolute atomic E-state index is 0.0957. The van der Waals surface area contributed by atoms with Crippen LogP contribution in [0.2, 0.25) is 0 Å². The van der Waals surface area contributed by atoms with Crippen LogP contribution in [0, 0.1) is 10.1 Å². The summed E-state index contributed by atoms with van der Waals surface area (Å²) in [5.41, 5.74) is 5.65. The highest BCUT2D eigenvalue weighted by Crippen LogP contribution is 2.15. The predicted molar refractivity (Wildman–Crippen MR) is 80.7 cm³/mol. The van der Waals surface area contributed by atoms with Crippen LogP contribution in [0.3, 0.4) is 0 Å². The minimum atomic E-state index is -0.518. The Morgan fingerprint density at radius 1 is 1.45 bits per heavy atom. The Morgan fingerprint density at radius 2 is 2.15 bits per heavy atom. The van der Waals surface area contributed by atoms with Gasteiger partial charge >= 0.3 is 0 Å². The van der Waals surface area contributed by atoms with Crippen molar-refractivity contribution in [2.24, 2.45) is 5.73 Å². The molecule has 0 radical (unpaired) electrons. The van der Waals surface area contributed by atoms with E-state index in [1.54, 1.807) is 11.0 Å². The summed E-state index contributed by atoms with van der Waals surface area (Å²) in [7, 11) is 0. The zero-order valence-electron chi connectivity index (χ0n) is 11.2. The molecular weight excluding hydrogens is 278 g/mol. The van der Waals surface area contributed by atoms with Crippen LogP contribution in [-0.4, -0.2) is 33.8 Å². The topological polar surface area (TPSA) is 89.5 Å². The summed E-state index contributed by atoms with van der Waals surface area (Å²) in [6, 6.07) is 5.71. The molecule has 0 aliphatic heterocycles. The highest BCUT2D eigenvalue weighted by Gasteiger charge is 2.17. The van der Waals surface area contributed by atoms with E-state index in [0.29, 0.717) is 30.1 Å². The third-order valence-corrected chi connectivity index (χ3v) is 2.92. The van der Waals surface area contributed by atoms with E-state index in [-0.39, 0.29) is 11.6 Å². The van der Waals surface area contributed by atoms with Crippen molar-refractivity contribution in [3.8, 4) is 0 Å². The van der Waals surface area contributed by atoms with Crippen molar-refractivity contribution in [3.05, 3.63) is 39.9 Å². The fourth-order valence-corrected chi connectivity index (χ4v) is 1.86. The Balaban J connectivity index is 2.90. The van der Waals surface area contributed by atoms with Gasteiger partial charge in [-0.2, -0.15) is 0 Å². The number of carbonyl (C=O) groups excluding carboxylic acids is 1. The van der Waals surface area contributed by atoms with E-state index in [1.807, 2.05) is 6.92 Å². The fraction of sp³-hybridized carbons (Fsp3) is 0.385. The molecular formula is C13H17N3O3S. The highest BCUT2D eigenvalue weighted by molar-refractivity contribution is 7.80. The number of hydrogen-bond acceptors (Lipinski definition) is 4. The van der Waals surface area contributed by atoms with Crippen molar-refractivity contribution in [2.75, 3.05) is 13.1 Å². The van der Waals surface area contributed by atoms with Gasteiger partial charge < -0.3 is 10.6 Å². The van der Waals surface area contributed by atoms with Gasteiger partial charge in [-0.15, -0.1) is 0 Å². The van der Waals surface area contributed by atoms with Crippen LogP contribution < -0.4 is 5.73 Å². The van der Waals surface area contributed by atoms with Gasteiger partial charge in [0, 0.05) is 37.2 Å². The average Bonchev–Trinajstić information content (AvgIpc) is 2.42. The normalized spacial score (nSPS) is 10.1. The lowest BCUT2D eigenvalue weighted by molar-refractivity contribution is -0.384. The molecule has 1 rings (SSSR count). The van der Waals surface area contributed by atoms with Crippen LogP contribution in [0.5, 0.6) is 0 Å². The van der Waals surface area contributed by atoms with Crippen molar-refractivity contribution in [2.45, 2.75) is 19.8 Å². The summed E-state index contributed by atoms with van der Waals surface area (Å²) in [5.74, 6) is -0.244. The summed E-state index contributed by atoms with van der Waals surface area (Å²) < 4.78 is 0. The van der Waals surface area contributed by atoms with E-state index in [4.69, 9.17) is 18.0 Å². The number of nitro benzene ring substituents is 1. The van der Waals surface area contributed by atoms with Crippen LogP contribution in [0.25, 0.3) is 0 Å². The lowest BCUT2D eigenvalue weighted by Gasteiger charge is -2.21. The second-order valence-electron chi connectivity index (χ2n) is 4.32. The number of amides is 1. The molecule has 1 amide bonds. The van der Waals surface area contributed by atoms with Crippen LogP contribution in [-0.2, 0) is 0 Å². The third-order valence-electron chi connectivity index (χ3n) is 2.71. The Morgan fingerprint density at radius 3 is 2.70 bits per heavy atom. The van der Waals surface area contributed by atoms with Crippen LogP contribution in [0.1, 0.15) is 30.1 Å². The molecule has 0 spiro atoms. The Hall–Kier alpha value is -2.02. The number of benzene rings is 1. The molecule has 0 saturated heterocycles. The van der Waals surface area contributed by atoms with Crippen LogP contribution in [0.15, 0.2) is 24.3 Å². The minimum Gasteiger partial charge on any atom is -0.393 e. The lowest BCUT2D eigenvalue weighted by atomic mass is 10.1. The number of rotatable bonds is 7. The number of non-ortho nitro benzene ring substituents is 1. The first-order chi connectivity index (χ1) is 9.45. The molecule has 0 atom stereocenters. The molecule has 0 aliphatic rings. The second-order valence-corrected chi connectivity index (χ2v) is 4.84. The van der Waals surface area contributed by atoms with Crippen molar-refractivity contribution in [3.63, 3.8) is 0 Å². The van der Waals surface area contributed by atoms with Gasteiger partial charge in [0.1, 0.15) is 0 Å². The largest absolute Gasteiger partial charge is 0.393 e. The second kappa shape index (κ2) is 7.54. The maximum atomic E-state index is 12.3. The van der Waals surface area contributed by atoms with Crippen molar-refractivity contribution >= 4 is 28.8 Å². The zero-order chi connectivity index (χ0) is 15.1. The van der Waals surface area contributed by atoms with E-state index < -0.39 is 4.92 Å². The van der Waals surface area contributed by atoms with E-state index in [0.717, 1.165) is 6.42 Å². The molecule has 2 N–H and O–H groups in total. The van der Waals surface area contributed by atoms with Gasteiger partial charge in [-0.3, -0.25) is 14.9 Å². The number of nitrogens with two attached hydrogens (primary N) is 1. The Bertz CT molecular complexity index is 519. The molecule has 20 heavy (non-hydrogen) atoms. The van der Waals surface area contributed by atoms with E-state index >= 15 is 0 Å². The van der Waals surface area contributed by atoms with Crippen molar-refractivity contribution in [1.82, 2.24) is 4.90 Å². The van der Waals surface area contributed by atoms with Gasteiger partial charge in [-0.1, -0.05) is 25.2 Å². The Labute approximate surface area is 122 Å². The van der Waals surface area contributed by atoms with Gasteiger partial charge in [-0.05, 0) is 12.5 Å². The number of carbonyl (C=O) groups is 1. The summed E-state index contributed by atoms with van der Waals surface area (Å²) in [4.78, 5) is 24.5. The van der Waals surface area contributed by atoms with Crippen molar-refractivity contribution in [1.29, 1.82) is 0 Å². The number of hydrogen-bond donors (Lipinski definition) is 1. The van der Waals surface area contributed by atoms with E-state index in [2.05, 4.69) is 0 Å². The molecule has 6 nitrogen and oxygen atoms in total. The monoisotopic (exact) mass is 295 g/mol.